The highest BCUT2D eigenvalue weighted by Crippen LogP contribution is 2.35. The minimum absolute atomic E-state index is 0.0527. The van der Waals surface area contributed by atoms with E-state index in [0.717, 1.165) is 24.8 Å². The molecule has 0 radical (unpaired) electrons. The number of aliphatic hydroxyl groups excluding tert-OH is 1. The van der Waals surface area contributed by atoms with E-state index in [1.54, 1.807) is 0 Å². The minimum atomic E-state index is -4.31. The molecule has 6 heteroatoms. The topological polar surface area (TPSA) is 40.5 Å². The van der Waals surface area contributed by atoms with Crippen LogP contribution in [0.25, 0.3) is 0 Å². The minimum Gasteiger partial charge on any atom is -0.396 e. The third-order valence-corrected chi connectivity index (χ3v) is 4.76. The largest absolute Gasteiger partial charge is 0.396 e. The summed E-state index contributed by atoms with van der Waals surface area (Å²) in [6, 6.07) is 9.87. The molecule has 1 amide bonds. The average Bonchev–Trinajstić information content (AvgIpc) is 2.58. The Labute approximate surface area is 140 Å². The predicted molar refractivity (Wildman–Crippen MR) is 85.4 cm³/mol. The van der Waals surface area contributed by atoms with Gasteiger partial charge in [0.1, 0.15) is 0 Å². The zero-order valence-corrected chi connectivity index (χ0v) is 13.7. The Bertz CT molecular complexity index is 533. The number of benzene rings is 1. The monoisotopic (exact) mass is 343 g/mol. The molecule has 1 N–H and O–H groups in total. The van der Waals surface area contributed by atoms with E-state index in [1.807, 2.05) is 30.3 Å². The van der Waals surface area contributed by atoms with Crippen LogP contribution in [0.2, 0.25) is 0 Å². The van der Waals surface area contributed by atoms with E-state index in [0.29, 0.717) is 19.5 Å². The molecule has 24 heavy (non-hydrogen) atoms. The van der Waals surface area contributed by atoms with Crippen molar-refractivity contribution < 1.29 is 23.1 Å². The Morgan fingerprint density at radius 3 is 2.58 bits per heavy atom. The van der Waals surface area contributed by atoms with Crippen molar-refractivity contribution in [1.82, 2.24) is 4.90 Å². The number of carbonyl (C=O) groups is 1. The lowest BCUT2D eigenvalue weighted by Gasteiger charge is -2.42. The molecular formula is C18H24F3NO2. The van der Waals surface area contributed by atoms with Crippen LogP contribution in [0.15, 0.2) is 30.3 Å². The van der Waals surface area contributed by atoms with Gasteiger partial charge in [0.25, 0.3) is 0 Å². The number of halogens is 3. The molecule has 1 aromatic rings. The molecule has 0 unspecified atom stereocenters. The van der Waals surface area contributed by atoms with E-state index in [-0.39, 0.29) is 6.61 Å². The Kier molecular flexibility index (Phi) is 6.27. The average molecular weight is 343 g/mol. The number of rotatable bonds is 6. The first-order chi connectivity index (χ1) is 11.3. The molecule has 1 aromatic carbocycles. The van der Waals surface area contributed by atoms with Gasteiger partial charge in [0.2, 0.25) is 5.91 Å². The molecule has 0 saturated carbocycles. The highest BCUT2D eigenvalue weighted by Gasteiger charge is 2.37. The molecule has 1 saturated heterocycles. The quantitative estimate of drug-likeness (QED) is 0.858. The van der Waals surface area contributed by atoms with Gasteiger partial charge in [-0.05, 0) is 31.2 Å². The molecule has 1 fully saturated rings. The fourth-order valence-electron chi connectivity index (χ4n) is 3.29. The first-order valence-corrected chi connectivity index (χ1v) is 8.33. The van der Waals surface area contributed by atoms with Crippen LogP contribution >= 0.6 is 0 Å². The third-order valence-electron chi connectivity index (χ3n) is 4.76. The Hall–Kier alpha value is -1.56. The zero-order chi connectivity index (χ0) is 17.6. The van der Waals surface area contributed by atoms with Crippen LogP contribution in [0.4, 0.5) is 13.2 Å². The van der Waals surface area contributed by atoms with Crippen molar-refractivity contribution >= 4 is 5.91 Å². The van der Waals surface area contributed by atoms with Crippen LogP contribution in [-0.4, -0.2) is 41.8 Å². The first-order valence-electron chi connectivity index (χ1n) is 8.33. The number of likely N-dealkylation sites (tertiary alicyclic amines) is 1. The number of piperidine rings is 1. The maximum atomic E-state index is 12.3. The molecule has 1 heterocycles. The Morgan fingerprint density at radius 2 is 1.96 bits per heavy atom. The van der Waals surface area contributed by atoms with Gasteiger partial charge >= 0.3 is 6.18 Å². The molecule has 134 valence electrons. The highest BCUT2D eigenvalue weighted by molar-refractivity contribution is 5.76. The van der Waals surface area contributed by atoms with Crippen LogP contribution < -0.4 is 0 Å². The number of nitrogens with zero attached hydrogens (tertiary/aromatic N) is 1. The van der Waals surface area contributed by atoms with Crippen LogP contribution in [0.1, 0.15) is 37.7 Å². The highest BCUT2D eigenvalue weighted by atomic mass is 19.4. The fourth-order valence-corrected chi connectivity index (χ4v) is 3.29. The number of aliphatic hydroxyl groups is 1. The van der Waals surface area contributed by atoms with Gasteiger partial charge in [0.05, 0.1) is 13.0 Å². The summed E-state index contributed by atoms with van der Waals surface area (Å²) in [7, 11) is 0. The molecule has 2 rings (SSSR count). The third kappa shape index (κ3) is 5.51. The summed E-state index contributed by atoms with van der Waals surface area (Å²) in [5, 5.41) is 9.86. The second-order valence-corrected chi connectivity index (χ2v) is 6.68. The summed E-state index contributed by atoms with van der Waals surface area (Å²) in [5.74, 6) is -0.468. The molecule has 1 aliphatic heterocycles. The van der Waals surface area contributed by atoms with E-state index in [2.05, 4.69) is 0 Å². The molecule has 3 nitrogen and oxygen atoms in total. The summed E-state index contributed by atoms with van der Waals surface area (Å²) in [6.07, 6.45) is -2.90. The van der Waals surface area contributed by atoms with Gasteiger partial charge in [-0.3, -0.25) is 4.79 Å². The van der Waals surface area contributed by atoms with Crippen LogP contribution in [0.5, 0.6) is 0 Å². The summed E-state index contributed by atoms with van der Waals surface area (Å²) >= 11 is 0. The first kappa shape index (κ1) is 18.8. The number of hydrogen-bond acceptors (Lipinski definition) is 2. The zero-order valence-electron chi connectivity index (χ0n) is 13.7. The fraction of sp³-hybridized carbons (Fsp3) is 0.611. The standard InChI is InChI=1S/C18H24F3NO2/c19-18(20,21)11-8-16(24)22-12-4-9-17(13-22,14-23)10-7-15-5-2-1-3-6-15/h1-3,5-6,23H,4,7-14H2/t17-/m1/s1. The number of hydrogen-bond donors (Lipinski definition) is 1. The van der Waals surface area contributed by atoms with E-state index in [9.17, 15) is 23.1 Å². The lowest BCUT2D eigenvalue weighted by molar-refractivity contribution is -0.151. The van der Waals surface area contributed by atoms with Crippen LogP contribution in [0.3, 0.4) is 0 Å². The van der Waals surface area contributed by atoms with E-state index in [1.165, 1.54) is 4.90 Å². The summed E-state index contributed by atoms with van der Waals surface area (Å²) in [4.78, 5) is 13.6. The number of amides is 1. The van der Waals surface area contributed by atoms with Crippen LogP contribution in [-0.2, 0) is 11.2 Å². The molecule has 0 aromatic heterocycles. The number of carbonyl (C=O) groups excluding carboxylic acids is 1. The van der Waals surface area contributed by atoms with Crippen molar-refractivity contribution in [1.29, 1.82) is 0 Å². The number of alkyl halides is 3. The normalized spacial score (nSPS) is 21.8. The number of aryl methyl sites for hydroxylation is 1. The van der Waals surface area contributed by atoms with Gasteiger partial charge in [-0.25, -0.2) is 0 Å². The SMILES string of the molecule is O=C(CCC(F)(F)F)N1CCC[C@@](CO)(CCc2ccccc2)C1. The van der Waals surface area contributed by atoms with E-state index < -0.39 is 30.3 Å². The van der Waals surface area contributed by atoms with Crippen molar-refractivity contribution in [2.24, 2.45) is 5.41 Å². The van der Waals surface area contributed by atoms with Crippen molar-refractivity contribution in [3.05, 3.63) is 35.9 Å². The van der Waals surface area contributed by atoms with Gasteiger partial charge < -0.3 is 10.0 Å². The van der Waals surface area contributed by atoms with E-state index in [4.69, 9.17) is 0 Å². The lowest BCUT2D eigenvalue weighted by atomic mass is 9.76. The molecule has 1 aliphatic rings. The second-order valence-electron chi connectivity index (χ2n) is 6.68. The lowest BCUT2D eigenvalue weighted by Crippen LogP contribution is -2.48. The van der Waals surface area contributed by atoms with Gasteiger partial charge in [-0.15, -0.1) is 0 Å². The summed E-state index contributed by atoms with van der Waals surface area (Å²) < 4.78 is 36.9. The second kappa shape index (κ2) is 8.01. The van der Waals surface area contributed by atoms with Gasteiger partial charge in [-0.1, -0.05) is 30.3 Å². The smallest absolute Gasteiger partial charge is 0.389 e. The molecule has 1 atom stereocenters. The summed E-state index contributed by atoms with van der Waals surface area (Å²) in [6.45, 7) is 0.764. The van der Waals surface area contributed by atoms with Gasteiger partial charge in [0, 0.05) is 24.9 Å². The van der Waals surface area contributed by atoms with E-state index >= 15 is 0 Å². The Morgan fingerprint density at radius 1 is 1.25 bits per heavy atom. The van der Waals surface area contributed by atoms with Crippen molar-refractivity contribution in [2.45, 2.75) is 44.7 Å². The van der Waals surface area contributed by atoms with Gasteiger partial charge in [-0.2, -0.15) is 13.2 Å². The van der Waals surface area contributed by atoms with Gasteiger partial charge in [0.15, 0.2) is 0 Å². The maximum absolute atomic E-state index is 12.3. The summed E-state index contributed by atoms with van der Waals surface area (Å²) in [5.41, 5.74) is 0.743. The molecule has 0 spiro atoms. The molecule has 0 aliphatic carbocycles. The van der Waals surface area contributed by atoms with Crippen molar-refractivity contribution in [3.8, 4) is 0 Å². The maximum Gasteiger partial charge on any atom is 0.389 e. The molecule has 0 bridgehead atoms. The Balaban J connectivity index is 1.94. The van der Waals surface area contributed by atoms with Crippen molar-refractivity contribution in [2.75, 3.05) is 19.7 Å². The van der Waals surface area contributed by atoms with Crippen molar-refractivity contribution in [3.63, 3.8) is 0 Å². The predicted octanol–water partition coefficient (Wildman–Crippen LogP) is 3.56. The van der Waals surface area contributed by atoms with Crippen LogP contribution in [0, 0.1) is 5.41 Å². The molecular weight excluding hydrogens is 319 g/mol.